The highest BCUT2D eigenvalue weighted by atomic mass is 16.5. The summed E-state index contributed by atoms with van der Waals surface area (Å²) in [6.07, 6.45) is 0. The van der Waals surface area contributed by atoms with E-state index in [9.17, 15) is 9.59 Å². The Morgan fingerprint density at radius 1 is 1.04 bits per heavy atom. The van der Waals surface area contributed by atoms with Crippen molar-refractivity contribution in [1.29, 1.82) is 0 Å². The van der Waals surface area contributed by atoms with E-state index in [1.165, 1.54) is 0 Å². The van der Waals surface area contributed by atoms with Crippen LogP contribution in [0.2, 0.25) is 0 Å². The average molecular weight is 341 g/mol. The number of para-hydroxylation sites is 2. The number of hydrogen-bond acceptors (Lipinski definition) is 4. The fourth-order valence-corrected chi connectivity index (χ4v) is 2.35. The highest BCUT2D eigenvalue weighted by molar-refractivity contribution is 6.02. The van der Waals surface area contributed by atoms with E-state index in [0.717, 1.165) is 11.1 Å². The molecule has 0 spiro atoms. The van der Waals surface area contributed by atoms with E-state index in [2.05, 4.69) is 16.0 Å². The minimum absolute atomic E-state index is 0.0373. The zero-order chi connectivity index (χ0) is 18.2. The Morgan fingerprint density at radius 3 is 2.52 bits per heavy atom. The molecule has 0 heterocycles. The van der Waals surface area contributed by atoms with Gasteiger partial charge in [-0.1, -0.05) is 29.8 Å². The van der Waals surface area contributed by atoms with Gasteiger partial charge in [0.25, 0.3) is 0 Å². The quantitative estimate of drug-likeness (QED) is 0.752. The number of carbonyl (C=O) groups is 2. The number of hydrogen-bond donors (Lipinski definition) is 3. The summed E-state index contributed by atoms with van der Waals surface area (Å²) in [6, 6.07) is 12.4. The van der Waals surface area contributed by atoms with Gasteiger partial charge in [-0.15, -0.1) is 0 Å². The zero-order valence-corrected chi connectivity index (χ0v) is 14.7. The van der Waals surface area contributed by atoms with E-state index in [-0.39, 0.29) is 6.54 Å². The number of aryl methyl sites for hydroxylation is 2. The predicted octanol–water partition coefficient (Wildman–Crippen LogP) is 3.46. The van der Waals surface area contributed by atoms with Gasteiger partial charge in [-0.3, -0.25) is 10.1 Å². The summed E-state index contributed by atoms with van der Waals surface area (Å²) < 4.78 is 5.48. The largest absolute Gasteiger partial charge is 0.492 e. The van der Waals surface area contributed by atoms with Crippen LogP contribution in [0.3, 0.4) is 0 Å². The summed E-state index contributed by atoms with van der Waals surface area (Å²) in [6.45, 7) is 6.26. The maximum absolute atomic E-state index is 11.9. The molecule has 0 fully saturated rings. The second-order valence-electron chi connectivity index (χ2n) is 5.60. The minimum atomic E-state index is -0.558. The summed E-state index contributed by atoms with van der Waals surface area (Å²) in [5.74, 6) is 0.228. The Labute approximate surface area is 147 Å². The maximum atomic E-state index is 11.9. The van der Waals surface area contributed by atoms with Gasteiger partial charge in [-0.25, -0.2) is 4.79 Å². The van der Waals surface area contributed by atoms with Gasteiger partial charge < -0.3 is 15.4 Å². The lowest BCUT2D eigenvalue weighted by Gasteiger charge is -2.12. The van der Waals surface area contributed by atoms with Gasteiger partial charge >= 0.3 is 6.03 Å². The summed E-state index contributed by atoms with van der Waals surface area (Å²) in [5.41, 5.74) is 3.42. The predicted molar refractivity (Wildman–Crippen MR) is 99.2 cm³/mol. The van der Waals surface area contributed by atoms with Gasteiger partial charge in [-0.2, -0.15) is 0 Å². The molecule has 6 heteroatoms. The molecule has 0 atom stereocenters. The van der Waals surface area contributed by atoms with E-state index < -0.39 is 11.9 Å². The molecule has 0 bridgehead atoms. The number of imide groups is 1. The van der Waals surface area contributed by atoms with E-state index in [4.69, 9.17) is 4.74 Å². The molecule has 3 N–H and O–H groups in total. The molecule has 0 radical (unpaired) electrons. The second-order valence-corrected chi connectivity index (χ2v) is 5.60. The van der Waals surface area contributed by atoms with Crippen LogP contribution in [0, 0.1) is 13.8 Å². The van der Waals surface area contributed by atoms with Crippen molar-refractivity contribution in [2.75, 3.05) is 23.8 Å². The van der Waals surface area contributed by atoms with Gasteiger partial charge in [-0.05, 0) is 44.5 Å². The Morgan fingerprint density at radius 2 is 1.80 bits per heavy atom. The molecule has 25 heavy (non-hydrogen) atoms. The SMILES string of the molecule is CCOc1ccccc1NCC(=O)NC(=O)Nc1ccc(C)cc1C. The van der Waals surface area contributed by atoms with Gasteiger partial charge in [0.1, 0.15) is 5.75 Å². The number of benzene rings is 2. The highest BCUT2D eigenvalue weighted by Gasteiger charge is 2.10. The molecule has 132 valence electrons. The number of nitrogens with one attached hydrogen (secondary N) is 3. The standard InChI is InChI=1S/C19H23N3O3/c1-4-25-17-8-6-5-7-16(17)20-12-18(23)22-19(24)21-15-10-9-13(2)11-14(15)3/h5-11,20H,4,12H2,1-3H3,(H2,21,22,23,24). The zero-order valence-electron chi connectivity index (χ0n) is 14.7. The first-order valence-corrected chi connectivity index (χ1v) is 8.13. The molecule has 3 amide bonds. The molecule has 0 aliphatic carbocycles. The molecule has 0 aliphatic rings. The third-order valence-electron chi connectivity index (χ3n) is 3.51. The Kier molecular flexibility index (Phi) is 6.39. The van der Waals surface area contributed by atoms with E-state index in [0.29, 0.717) is 23.7 Å². The molecular weight excluding hydrogens is 318 g/mol. The molecule has 6 nitrogen and oxygen atoms in total. The Balaban J connectivity index is 1.86. The fourth-order valence-electron chi connectivity index (χ4n) is 2.35. The smallest absolute Gasteiger partial charge is 0.325 e. The fraction of sp³-hybridized carbons (Fsp3) is 0.263. The van der Waals surface area contributed by atoms with Gasteiger partial charge in [0, 0.05) is 5.69 Å². The lowest BCUT2D eigenvalue weighted by atomic mass is 10.1. The van der Waals surface area contributed by atoms with Crippen molar-refractivity contribution >= 4 is 23.3 Å². The summed E-state index contributed by atoms with van der Waals surface area (Å²) >= 11 is 0. The molecule has 0 aliphatic heterocycles. The molecular formula is C19H23N3O3. The van der Waals surface area contributed by atoms with Crippen LogP contribution in [0.15, 0.2) is 42.5 Å². The number of amides is 3. The van der Waals surface area contributed by atoms with Crippen LogP contribution in [0.25, 0.3) is 0 Å². The Bertz CT molecular complexity index is 759. The van der Waals surface area contributed by atoms with Crippen LogP contribution in [0.4, 0.5) is 16.2 Å². The van der Waals surface area contributed by atoms with Crippen molar-refractivity contribution in [2.45, 2.75) is 20.8 Å². The van der Waals surface area contributed by atoms with Crippen LogP contribution in [0.5, 0.6) is 5.75 Å². The van der Waals surface area contributed by atoms with Crippen molar-refractivity contribution in [3.05, 3.63) is 53.6 Å². The van der Waals surface area contributed by atoms with Crippen LogP contribution in [0.1, 0.15) is 18.1 Å². The van der Waals surface area contributed by atoms with Gasteiger partial charge in [0.2, 0.25) is 5.91 Å². The topological polar surface area (TPSA) is 79.5 Å². The van der Waals surface area contributed by atoms with Gasteiger partial charge in [0.05, 0.1) is 18.8 Å². The van der Waals surface area contributed by atoms with Crippen LogP contribution < -0.4 is 20.7 Å². The first kappa shape index (κ1) is 18.3. The first-order chi connectivity index (χ1) is 12.0. The highest BCUT2D eigenvalue weighted by Crippen LogP contribution is 2.23. The number of anilines is 2. The van der Waals surface area contributed by atoms with Crippen LogP contribution >= 0.6 is 0 Å². The van der Waals surface area contributed by atoms with E-state index in [1.54, 1.807) is 0 Å². The molecule has 2 aromatic carbocycles. The molecule has 2 aromatic rings. The van der Waals surface area contributed by atoms with E-state index in [1.807, 2.05) is 63.2 Å². The molecule has 0 aromatic heterocycles. The van der Waals surface area contributed by atoms with Crippen LogP contribution in [-0.2, 0) is 4.79 Å². The lowest BCUT2D eigenvalue weighted by Crippen LogP contribution is -2.38. The van der Waals surface area contributed by atoms with Crippen molar-refractivity contribution < 1.29 is 14.3 Å². The number of urea groups is 1. The molecule has 2 rings (SSSR count). The normalized spacial score (nSPS) is 10.0. The Hall–Kier alpha value is -3.02. The van der Waals surface area contributed by atoms with Gasteiger partial charge in [0.15, 0.2) is 0 Å². The first-order valence-electron chi connectivity index (χ1n) is 8.13. The average Bonchev–Trinajstić information content (AvgIpc) is 2.57. The summed E-state index contributed by atoms with van der Waals surface area (Å²) in [4.78, 5) is 23.9. The maximum Gasteiger partial charge on any atom is 0.325 e. The van der Waals surface area contributed by atoms with Crippen molar-refractivity contribution in [1.82, 2.24) is 5.32 Å². The minimum Gasteiger partial charge on any atom is -0.492 e. The third-order valence-corrected chi connectivity index (χ3v) is 3.51. The number of carbonyl (C=O) groups excluding carboxylic acids is 2. The lowest BCUT2D eigenvalue weighted by molar-refractivity contribution is -0.118. The van der Waals surface area contributed by atoms with Crippen molar-refractivity contribution in [3.8, 4) is 5.75 Å². The van der Waals surface area contributed by atoms with Crippen molar-refractivity contribution in [3.63, 3.8) is 0 Å². The molecule has 0 saturated heterocycles. The van der Waals surface area contributed by atoms with E-state index >= 15 is 0 Å². The summed E-state index contributed by atoms with van der Waals surface area (Å²) in [7, 11) is 0. The molecule has 0 saturated carbocycles. The molecule has 0 unspecified atom stereocenters. The third kappa shape index (κ3) is 5.53. The second kappa shape index (κ2) is 8.73. The summed E-state index contributed by atoms with van der Waals surface area (Å²) in [5, 5.41) is 7.94. The number of ether oxygens (including phenoxy) is 1. The number of rotatable bonds is 6. The van der Waals surface area contributed by atoms with Crippen molar-refractivity contribution in [2.24, 2.45) is 0 Å². The van der Waals surface area contributed by atoms with Crippen LogP contribution in [-0.4, -0.2) is 25.1 Å². The monoisotopic (exact) mass is 341 g/mol.